The summed E-state index contributed by atoms with van der Waals surface area (Å²) in [6, 6.07) is 3.84. The molecule has 15 heavy (non-hydrogen) atoms. The van der Waals surface area contributed by atoms with Crippen molar-refractivity contribution in [1.29, 1.82) is 0 Å². The van der Waals surface area contributed by atoms with Gasteiger partial charge in [0, 0.05) is 17.5 Å². The van der Waals surface area contributed by atoms with Crippen LogP contribution in [-0.4, -0.2) is 6.54 Å². The van der Waals surface area contributed by atoms with Crippen molar-refractivity contribution in [2.45, 2.75) is 26.2 Å². The van der Waals surface area contributed by atoms with Crippen molar-refractivity contribution in [3.05, 3.63) is 27.7 Å². The molecule has 1 N–H and O–H groups in total. The summed E-state index contributed by atoms with van der Waals surface area (Å²) >= 11 is 12.1. The van der Waals surface area contributed by atoms with Crippen LogP contribution in [0.15, 0.2) is 12.1 Å². The Kier molecular flexibility index (Phi) is 3.13. The van der Waals surface area contributed by atoms with Crippen molar-refractivity contribution in [3.63, 3.8) is 0 Å². The van der Waals surface area contributed by atoms with E-state index in [1.165, 1.54) is 12.0 Å². The number of benzene rings is 1. The SMILES string of the molecule is CC(C)CC1CNc2c(Cl)cc(Cl)cc21. The van der Waals surface area contributed by atoms with E-state index in [0.717, 1.165) is 22.3 Å². The first-order valence-corrected chi connectivity index (χ1v) is 6.06. The molecule has 1 atom stereocenters. The van der Waals surface area contributed by atoms with Crippen LogP contribution in [0, 0.1) is 5.92 Å². The molecule has 0 fully saturated rings. The highest BCUT2D eigenvalue weighted by molar-refractivity contribution is 6.36. The standard InChI is InChI=1S/C12H15Cl2N/c1-7(2)3-8-6-15-12-10(8)4-9(13)5-11(12)14/h4-5,7-8,15H,3,6H2,1-2H3. The molecule has 0 spiro atoms. The van der Waals surface area contributed by atoms with Crippen molar-refractivity contribution < 1.29 is 0 Å². The first-order valence-electron chi connectivity index (χ1n) is 5.30. The topological polar surface area (TPSA) is 12.0 Å². The van der Waals surface area contributed by atoms with E-state index in [1.54, 1.807) is 6.07 Å². The second kappa shape index (κ2) is 4.23. The molecule has 1 aromatic rings. The molecule has 0 saturated heterocycles. The summed E-state index contributed by atoms with van der Waals surface area (Å²) in [4.78, 5) is 0. The maximum absolute atomic E-state index is 6.13. The molecule has 0 radical (unpaired) electrons. The van der Waals surface area contributed by atoms with Crippen molar-refractivity contribution in [3.8, 4) is 0 Å². The normalized spacial score (nSPS) is 19.1. The molecule has 1 unspecified atom stereocenters. The van der Waals surface area contributed by atoms with Crippen LogP contribution in [0.25, 0.3) is 0 Å². The summed E-state index contributed by atoms with van der Waals surface area (Å²) in [6.07, 6.45) is 1.18. The van der Waals surface area contributed by atoms with Gasteiger partial charge in [-0.25, -0.2) is 0 Å². The Labute approximate surface area is 101 Å². The van der Waals surface area contributed by atoms with E-state index >= 15 is 0 Å². The van der Waals surface area contributed by atoms with Crippen LogP contribution in [0.2, 0.25) is 10.0 Å². The number of anilines is 1. The van der Waals surface area contributed by atoms with Crippen molar-refractivity contribution in [2.75, 3.05) is 11.9 Å². The Morgan fingerprint density at radius 1 is 1.40 bits per heavy atom. The van der Waals surface area contributed by atoms with Gasteiger partial charge in [0.15, 0.2) is 0 Å². The lowest BCUT2D eigenvalue weighted by Crippen LogP contribution is -2.05. The van der Waals surface area contributed by atoms with Gasteiger partial charge in [0.2, 0.25) is 0 Å². The van der Waals surface area contributed by atoms with Gasteiger partial charge in [0.1, 0.15) is 0 Å². The Hall–Kier alpha value is -0.400. The second-order valence-electron chi connectivity index (χ2n) is 4.56. The molecule has 82 valence electrons. The molecule has 3 heteroatoms. The highest BCUT2D eigenvalue weighted by Gasteiger charge is 2.25. The minimum atomic E-state index is 0.552. The van der Waals surface area contributed by atoms with Gasteiger partial charge in [-0.05, 0) is 30.0 Å². The summed E-state index contributed by atoms with van der Waals surface area (Å²) in [5.74, 6) is 1.25. The molecule has 0 aromatic heterocycles. The van der Waals surface area contributed by atoms with E-state index < -0.39 is 0 Å². The fraction of sp³-hybridized carbons (Fsp3) is 0.500. The van der Waals surface area contributed by atoms with E-state index in [2.05, 4.69) is 19.2 Å². The number of fused-ring (bicyclic) bond motifs is 1. The zero-order chi connectivity index (χ0) is 11.0. The Morgan fingerprint density at radius 2 is 2.13 bits per heavy atom. The lowest BCUT2D eigenvalue weighted by atomic mass is 9.92. The first-order chi connectivity index (χ1) is 7.08. The molecule has 1 aliphatic rings. The number of nitrogens with one attached hydrogen (secondary N) is 1. The number of hydrogen-bond acceptors (Lipinski definition) is 1. The van der Waals surface area contributed by atoms with Gasteiger partial charge in [-0.1, -0.05) is 37.0 Å². The Morgan fingerprint density at radius 3 is 2.80 bits per heavy atom. The molecule has 1 heterocycles. The summed E-state index contributed by atoms with van der Waals surface area (Å²) in [5, 5.41) is 4.83. The van der Waals surface area contributed by atoms with Crippen molar-refractivity contribution >= 4 is 28.9 Å². The monoisotopic (exact) mass is 243 g/mol. The molecule has 0 aliphatic carbocycles. The summed E-state index contributed by atoms with van der Waals surface area (Å²) < 4.78 is 0. The van der Waals surface area contributed by atoms with Crippen LogP contribution in [0.1, 0.15) is 31.7 Å². The van der Waals surface area contributed by atoms with E-state index in [0.29, 0.717) is 11.8 Å². The smallest absolute Gasteiger partial charge is 0.0655 e. The first kappa shape index (κ1) is 11.1. The van der Waals surface area contributed by atoms with Gasteiger partial charge in [-0.2, -0.15) is 0 Å². The molecule has 0 bridgehead atoms. The Bertz CT molecular complexity index is 374. The number of halogens is 2. The fourth-order valence-electron chi connectivity index (χ4n) is 2.22. The van der Waals surface area contributed by atoms with Crippen LogP contribution in [0.5, 0.6) is 0 Å². The minimum Gasteiger partial charge on any atom is -0.383 e. The van der Waals surface area contributed by atoms with Gasteiger partial charge in [0.25, 0.3) is 0 Å². The van der Waals surface area contributed by atoms with Gasteiger partial charge >= 0.3 is 0 Å². The maximum atomic E-state index is 6.13. The molecular formula is C12H15Cl2N. The molecule has 1 nitrogen and oxygen atoms in total. The van der Waals surface area contributed by atoms with Gasteiger partial charge in [0.05, 0.1) is 10.7 Å². The summed E-state index contributed by atoms with van der Waals surface area (Å²) in [5.41, 5.74) is 2.35. The third-order valence-corrected chi connectivity index (χ3v) is 3.32. The van der Waals surface area contributed by atoms with Crippen LogP contribution >= 0.6 is 23.2 Å². The van der Waals surface area contributed by atoms with E-state index in [9.17, 15) is 0 Å². The molecule has 0 amide bonds. The van der Waals surface area contributed by atoms with Gasteiger partial charge in [-0.3, -0.25) is 0 Å². The molecule has 1 aromatic carbocycles. The van der Waals surface area contributed by atoms with Crippen LogP contribution in [0.4, 0.5) is 5.69 Å². The molecular weight excluding hydrogens is 229 g/mol. The summed E-state index contributed by atoms with van der Waals surface area (Å²) in [6.45, 7) is 5.46. The molecule has 1 aliphatic heterocycles. The highest BCUT2D eigenvalue weighted by Crippen LogP contribution is 2.41. The highest BCUT2D eigenvalue weighted by atomic mass is 35.5. The minimum absolute atomic E-state index is 0.552. The van der Waals surface area contributed by atoms with Crippen LogP contribution in [0.3, 0.4) is 0 Å². The van der Waals surface area contributed by atoms with E-state index in [4.69, 9.17) is 23.2 Å². The van der Waals surface area contributed by atoms with Crippen molar-refractivity contribution in [2.24, 2.45) is 5.92 Å². The predicted molar refractivity (Wildman–Crippen MR) is 67.1 cm³/mol. The molecule has 0 saturated carbocycles. The largest absolute Gasteiger partial charge is 0.383 e. The maximum Gasteiger partial charge on any atom is 0.0655 e. The van der Waals surface area contributed by atoms with Crippen LogP contribution < -0.4 is 5.32 Å². The third kappa shape index (κ3) is 2.24. The van der Waals surface area contributed by atoms with Crippen molar-refractivity contribution in [1.82, 2.24) is 0 Å². The lowest BCUT2D eigenvalue weighted by Gasteiger charge is -2.13. The quantitative estimate of drug-likeness (QED) is 0.804. The van der Waals surface area contributed by atoms with Gasteiger partial charge in [-0.15, -0.1) is 0 Å². The Balaban J connectivity index is 2.33. The number of rotatable bonds is 2. The zero-order valence-electron chi connectivity index (χ0n) is 8.98. The molecule has 2 rings (SSSR count). The fourth-order valence-corrected chi connectivity index (χ4v) is 2.79. The predicted octanol–water partition coefficient (Wildman–Crippen LogP) is 4.55. The average Bonchev–Trinajstić information content (AvgIpc) is 2.48. The third-order valence-electron chi connectivity index (χ3n) is 2.81. The van der Waals surface area contributed by atoms with E-state index in [1.807, 2.05) is 6.07 Å². The second-order valence-corrected chi connectivity index (χ2v) is 5.40. The lowest BCUT2D eigenvalue weighted by molar-refractivity contribution is 0.522. The van der Waals surface area contributed by atoms with E-state index in [-0.39, 0.29) is 0 Å². The number of hydrogen-bond donors (Lipinski definition) is 1. The average molecular weight is 244 g/mol. The van der Waals surface area contributed by atoms with Crippen LogP contribution in [-0.2, 0) is 0 Å². The van der Waals surface area contributed by atoms with Gasteiger partial charge < -0.3 is 5.32 Å². The summed E-state index contributed by atoms with van der Waals surface area (Å²) in [7, 11) is 0. The zero-order valence-corrected chi connectivity index (χ0v) is 10.5.